The van der Waals surface area contributed by atoms with Gasteiger partial charge in [0, 0.05) is 23.9 Å². The first-order valence-electron chi connectivity index (χ1n) is 8.05. The Hall–Kier alpha value is -3.36. The standard InChI is InChI=1S/C17H17N5O4/c1-3-13-20-14(26-22-13)9-25-15(23)8-11-10(2)19-16(21-17(11)24)12-6-4-5-7-18-12/h4-7H,3,8-9H2,1-2H3,(H,19,21,24). The minimum Gasteiger partial charge on any atom is -0.455 e. The highest BCUT2D eigenvalue weighted by Crippen LogP contribution is 2.11. The van der Waals surface area contributed by atoms with Gasteiger partial charge in [-0.3, -0.25) is 14.6 Å². The molecule has 3 aromatic rings. The van der Waals surface area contributed by atoms with Gasteiger partial charge in [-0.25, -0.2) is 4.98 Å². The number of nitrogens with zero attached hydrogens (tertiary/aromatic N) is 4. The first kappa shape index (κ1) is 17.5. The van der Waals surface area contributed by atoms with E-state index < -0.39 is 11.5 Å². The lowest BCUT2D eigenvalue weighted by Gasteiger charge is -2.07. The van der Waals surface area contributed by atoms with Crippen LogP contribution in [-0.2, 0) is 29.0 Å². The van der Waals surface area contributed by atoms with Crippen molar-refractivity contribution < 1.29 is 14.1 Å². The van der Waals surface area contributed by atoms with Crippen molar-refractivity contribution in [1.82, 2.24) is 25.1 Å². The van der Waals surface area contributed by atoms with Gasteiger partial charge in [-0.15, -0.1) is 0 Å². The van der Waals surface area contributed by atoms with E-state index in [1.165, 1.54) is 0 Å². The minimum absolute atomic E-state index is 0.137. The summed E-state index contributed by atoms with van der Waals surface area (Å²) in [5.41, 5.74) is 0.831. The molecule has 0 atom stereocenters. The maximum atomic E-state index is 12.3. The molecule has 9 heteroatoms. The third kappa shape index (κ3) is 4.00. The molecule has 1 N–H and O–H groups in total. The highest BCUT2D eigenvalue weighted by Gasteiger charge is 2.16. The summed E-state index contributed by atoms with van der Waals surface area (Å²) in [4.78, 5) is 39.5. The van der Waals surface area contributed by atoms with Crippen molar-refractivity contribution in [2.75, 3.05) is 0 Å². The third-order valence-electron chi connectivity index (χ3n) is 3.63. The van der Waals surface area contributed by atoms with E-state index in [4.69, 9.17) is 9.26 Å². The van der Waals surface area contributed by atoms with E-state index >= 15 is 0 Å². The highest BCUT2D eigenvalue weighted by molar-refractivity contribution is 5.72. The number of rotatable bonds is 6. The van der Waals surface area contributed by atoms with Crippen molar-refractivity contribution in [2.45, 2.75) is 33.3 Å². The van der Waals surface area contributed by atoms with E-state index in [1.807, 2.05) is 6.92 Å². The molecule has 9 nitrogen and oxygen atoms in total. The Balaban J connectivity index is 1.69. The highest BCUT2D eigenvalue weighted by atomic mass is 16.6. The van der Waals surface area contributed by atoms with Crippen LogP contribution in [0, 0.1) is 6.92 Å². The average Bonchev–Trinajstić information content (AvgIpc) is 3.12. The molecule has 0 fully saturated rings. The van der Waals surface area contributed by atoms with Gasteiger partial charge in [0.15, 0.2) is 18.3 Å². The molecule has 3 rings (SSSR count). The van der Waals surface area contributed by atoms with Gasteiger partial charge < -0.3 is 14.2 Å². The number of aryl methyl sites for hydroxylation is 2. The Labute approximate surface area is 148 Å². The van der Waals surface area contributed by atoms with Crippen LogP contribution in [0.5, 0.6) is 0 Å². The second kappa shape index (κ2) is 7.68. The van der Waals surface area contributed by atoms with Crippen LogP contribution in [0.25, 0.3) is 11.5 Å². The van der Waals surface area contributed by atoms with Crippen LogP contribution in [-0.4, -0.2) is 31.1 Å². The molecule has 0 saturated carbocycles. The van der Waals surface area contributed by atoms with Crippen LogP contribution in [0.3, 0.4) is 0 Å². The molecule has 0 aliphatic carbocycles. The summed E-state index contributed by atoms with van der Waals surface area (Å²) >= 11 is 0. The average molecular weight is 355 g/mol. The SMILES string of the molecule is CCc1noc(COC(=O)Cc2c(C)nc(-c3ccccn3)[nH]c2=O)n1. The molecular formula is C17H17N5O4. The molecule has 26 heavy (non-hydrogen) atoms. The molecule has 0 bridgehead atoms. The first-order valence-corrected chi connectivity index (χ1v) is 8.05. The molecular weight excluding hydrogens is 338 g/mol. The van der Waals surface area contributed by atoms with E-state index in [0.717, 1.165) is 0 Å². The Kier molecular flexibility index (Phi) is 5.16. The molecule has 0 aliphatic heterocycles. The topological polar surface area (TPSA) is 124 Å². The fraction of sp³-hybridized carbons (Fsp3) is 0.294. The lowest BCUT2D eigenvalue weighted by molar-refractivity contribution is -0.144. The lowest BCUT2D eigenvalue weighted by Crippen LogP contribution is -2.21. The third-order valence-corrected chi connectivity index (χ3v) is 3.63. The summed E-state index contributed by atoms with van der Waals surface area (Å²) in [6, 6.07) is 5.30. The monoisotopic (exact) mass is 355 g/mol. The fourth-order valence-electron chi connectivity index (χ4n) is 2.27. The largest absolute Gasteiger partial charge is 0.455 e. The smallest absolute Gasteiger partial charge is 0.311 e. The predicted molar refractivity (Wildman–Crippen MR) is 90.0 cm³/mol. The first-order chi connectivity index (χ1) is 12.6. The van der Waals surface area contributed by atoms with E-state index in [-0.39, 0.29) is 24.5 Å². The molecule has 0 aromatic carbocycles. The molecule has 0 amide bonds. The summed E-state index contributed by atoms with van der Waals surface area (Å²) in [6.07, 6.45) is 2.03. The molecule has 0 aliphatic rings. The number of hydrogen-bond acceptors (Lipinski definition) is 8. The van der Waals surface area contributed by atoms with Gasteiger partial charge in [-0.05, 0) is 19.1 Å². The second-order valence-corrected chi connectivity index (χ2v) is 5.49. The van der Waals surface area contributed by atoms with E-state index in [1.54, 1.807) is 31.3 Å². The van der Waals surface area contributed by atoms with Crippen molar-refractivity contribution in [1.29, 1.82) is 0 Å². The van der Waals surface area contributed by atoms with Crippen LogP contribution in [0.1, 0.15) is 29.9 Å². The molecule has 3 aromatic heterocycles. The number of hydrogen-bond donors (Lipinski definition) is 1. The zero-order valence-electron chi connectivity index (χ0n) is 14.4. The van der Waals surface area contributed by atoms with Gasteiger partial charge in [0.1, 0.15) is 5.69 Å². The number of pyridine rings is 1. The van der Waals surface area contributed by atoms with Crippen molar-refractivity contribution in [3.63, 3.8) is 0 Å². The normalized spacial score (nSPS) is 10.7. The van der Waals surface area contributed by atoms with Crippen molar-refractivity contribution in [3.8, 4) is 11.5 Å². The van der Waals surface area contributed by atoms with Crippen LogP contribution in [0.2, 0.25) is 0 Å². The van der Waals surface area contributed by atoms with Crippen molar-refractivity contribution in [3.05, 3.63) is 57.7 Å². The summed E-state index contributed by atoms with van der Waals surface area (Å²) in [7, 11) is 0. The Morgan fingerprint density at radius 3 is 2.81 bits per heavy atom. The number of carbonyl (C=O) groups excluding carboxylic acids is 1. The van der Waals surface area contributed by atoms with Crippen molar-refractivity contribution in [2.24, 2.45) is 0 Å². The minimum atomic E-state index is -0.581. The van der Waals surface area contributed by atoms with Gasteiger partial charge in [0.2, 0.25) is 0 Å². The molecule has 0 unspecified atom stereocenters. The van der Waals surface area contributed by atoms with E-state index in [2.05, 4.69) is 25.1 Å². The van der Waals surface area contributed by atoms with Crippen LogP contribution >= 0.6 is 0 Å². The lowest BCUT2D eigenvalue weighted by atomic mass is 10.1. The van der Waals surface area contributed by atoms with Crippen LogP contribution in [0.15, 0.2) is 33.7 Å². The molecule has 0 spiro atoms. The number of aromatic nitrogens is 5. The Morgan fingerprint density at radius 2 is 2.15 bits per heavy atom. The summed E-state index contributed by atoms with van der Waals surface area (Å²) in [6.45, 7) is 3.41. The van der Waals surface area contributed by atoms with Gasteiger partial charge in [0.05, 0.1) is 6.42 Å². The number of carbonyl (C=O) groups is 1. The number of esters is 1. The van der Waals surface area contributed by atoms with Gasteiger partial charge >= 0.3 is 5.97 Å². The zero-order chi connectivity index (χ0) is 18.5. The van der Waals surface area contributed by atoms with Gasteiger partial charge in [-0.2, -0.15) is 4.98 Å². The predicted octanol–water partition coefficient (Wildman–Crippen LogP) is 1.37. The van der Waals surface area contributed by atoms with E-state index in [9.17, 15) is 9.59 Å². The quantitative estimate of drug-likeness (QED) is 0.658. The molecule has 134 valence electrons. The van der Waals surface area contributed by atoms with Crippen molar-refractivity contribution >= 4 is 5.97 Å². The van der Waals surface area contributed by atoms with E-state index in [0.29, 0.717) is 29.5 Å². The van der Waals surface area contributed by atoms with Crippen LogP contribution < -0.4 is 5.56 Å². The second-order valence-electron chi connectivity index (χ2n) is 5.49. The maximum absolute atomic E-state index is 12.3. The maximum Gasteiger partial charge on any atom is 0.311 e. The molecule has 0 radical (unpaired) electrons. The van der Waals surface area contributed by atoms with Crippen LogP contribution in [0.4, 0.5) is 0 Å². The number of aromatic amines is 1. The summed E-state index contributed by atoms with van der Waals surface area (Å²) < 4.78 is 10.0. The number of H-pyrrole nitrogens is 1. The zero-order valence-corrected chi connectivity index (χ0v) is 14.4. The van der Waals surface area contributed by atoms with Gasteiger partial charge in [-0.1, -0.05) is 18.1 Å². The van der Waals surface area contributed by atoms with Gasteiger partial charge in [0.25, 0.3) is 11.4 Å². The fourth-order valence-corrected chi connectivity index (χ4v) is 2.27. The number of nitrogens with one attached hydrogen (secondary N) is 1. The number of ether oxygens (including phenoxy) is 1. The molecule has 3 heterocycles. The summed E-state index contributed by atoms with van der Waals surface area (Å²) in [5, 5.41) is 3.72. The Morgan fingerprint density at radius 1 is 1.31 bits per heavy atom. The molecule has 0 saturated heterocycles. The Bertz CT molecular complexity index is 965. The summed E-state index contributed by atoms with van der Waals surface area (Å²) in [5.74, 6) is 0.521.